The normalized spacial score (nSPS) is 17.6. The molecule has 0 amide bonds. The molecule has 1 aromatic rings. The van der Waals surface area contributed by atoms with Crippen molar-refractivity contribution < 1.29 is 9.47 Å². The highest BCUT2D eigenvalue weighted by Crippen LogP contribution is 2.18. The van der Waals surface area contributed by atoms with Gasteiger partial charge < -0.3 is 14.8 Å². The zero-order chi connectivity index (χ0) is 14.9. The van der Waals surface area contributed by atoms with Crippen molar-refractivity contribution in [1.82, 2.24) is 10.2 Å². The molecule has 4 heteroatoms. The van der Waals surface area contributed by atoms with Crippen LogP contribution < -0.4 is 10.1 Å². The number of hydrogen-bond acceptors (Lipinski definition) is 4. The molecule has 1 N–H and O–H groups in total. The molecule has 0 radical (unpaired) electrons. The van der Waals surface area contributed by atoms with Gasteiger partial charge in [-0.1, -0.05) is 18.2 Å². The van der Waals surface area contributed by atoms with Gasteiger partial charge in [-0.3, -0.25) is 4.90 Å². The van der Waals surface area contributed by atoms with Gasteiger partial charge in [0.2, 0.25) is 0 Å². The van der Waals surface area contributed by atoms with Crippen LogP contribution in [0.3, 0.4) is 0 Å². The Kier molecular flexibility index (Phi) is 7.00. The monoisotopic (exact) mass is 292 g/mol. The second-order valence-corrected chi connectivity index (χ2v) is 5.68. The summed E-state index contributed by atoms with van der Waals surface area (Å²) in [6.45, 7) is 8.40. The van der Waals surface area contributed by atoms with Crippen LogP contribution in [0.5, 0.6) is 5.75 Å². The number of methoxy groups -OCH3 is 1. The Bertz CT molecular complexity index is 406. The van der Waals surface area contributed by atoms with Crippen molar-refractivity contribution in [2.75, 3.05) is 46.5 Å². The minimum absolute atomic E-state index is 0.464. The number of ether oxygens (including phenoxy) is 2. The summed E-state index contributed by atoms with van der Waals surface area (Å²) < 4.78 is 10.8. The molecule has 0 spiro atoms. The van der Waals surface area contributed by atoms with Gasteiger partial charge in [-0.05, 0) is 44.5 Å². The van der Waals surface area contributed by atoms with Crippen molar-refractivity contribution >= 4 is 0 Å². The fourth-order valence-electron chi connectivity index (χ4n) is 2.75. The molecule has 1 saturated heterocycles. The van der Waals surface area contributed by atoms with Gasteiger partial charge in [-0.15, -0.1) is 0 Å². The molecule has 1 aliphatic rings. The van der Waals surface area contributed by atoms with E-state index in [0.717, 1.165) is 51.6 Å². The molecule has 1 heterocycles. The van der Waals surface area contributed by atoms with Crippen LogP contribution in [0, 0.1) is 0 Å². The second kappa shape index (κ2) is 9.03. The van der Waals surface area contributed by atoms with Crippen molar-refractivity contribution in [1.29, 1.82) is 0 Å². The van der Waals surface area contributed by atoms with E-state index in [0.29, 0.717) is 6.04 Å². The summed E-state index contributed by atoms with van der Waals surface area (Å²) >= 11 is 0. The SMILES string of the molecule is COc1ccccc1CC(C)NCCCN1CCOCC1. The maximum absolute atomic E-state index is 5.40. The fraction of sp³-hybridized carbons (Fsp3) is 0.647. The van der Waals surface area contributed by atoms with Crippen LogP contribution in [0.4, 0.5) is 0 Å². The number of nitrogens with one attached hydrogen (secondary N) is 1. The highest BCUT2D eigenvalue weighted by atomic mass is 16.5. The van der Waals surface area contributed by atoms with Crippen molar-refractivity contribution in [2.24, 2.45) is 0 Å². The molecule has 1 atom stereocenters. The number of morpholine rings is 1. The Hall–Kier alpha value is -1.10. The summed E-state index contributed by atoms with van der Waals surface area (Å²) in [7, 11) is 1.74. The van der Waals surface area contributed by atoms with Crippen molar-refractivity contribution in [2.45, 2.75) is 25.8 Å². The molecular formula is C17H28N2O2. The zero-order valence-corrected chi connectivity index (χ0v) is 13.3. The quantitative estimate of drug-likeness (QED) is 0.743. The average Bonchev–Trinajstić information content (AvgIpc) is 2.53. The maximum atomic E-state index is 5.40. The van der Waals surface area contributed by atoms with Crippen molar-refractivity contribution in [3.05, 3.63) is 29.8 Å². The Balaban J connectivity index is 1.64. The molecule has 118 valence electrons. The largest absolute Gasteiger partial charge is 0.496 e. The van der Waals surface area contributed by atoms with E-state index in [1.54, 1.807) is 7.11 Å². The van der Waals surface area contributed by atoms with E-state index in [-0.39, 0.29) is 0 Å². The lowest BCUT2D eigenvalue weighted by atomic mass is 10.1. The van der Waals surface area contributed by atoms with Gasteiger partial charge in [0.25, 0.3) is 0 Å². The first-order chi connectivity index (χ1) is 10.3. The summed E-state index contributed by atoms with van der Waals surface area (Å²) in [6.07, 6.45) is 2.19. The predicted molar refractivity (Wildman–Crippen MR) is 86.0 cm³/mol. The van der Waals surface area contributed by atoms with E-state index in [4.69, 9.17) is 9.47 Å². The summed E-state index contributed by atoms with van der Waals surface area (Å²) in [6, 6.07) is 8.72. The molecule has 2 rings (SSSR count). The predicted octanol–water partition coefficient (Wildman–Crippen LogP) is 1.94. The van der Waals surface area contributed by atoms with Gasteiger partial charge in [0.1, 0.15) is 5.75 Å². The van der Waals surface area contributed by atoms with Gasteiger partial charge in [0.15, 0.2) is 0 Å². The van der Waals surface area contributed by atoms with Gasteiger partial charge in [0.05, 0.1) is 20.3 Å². The number of nitrogens with zero attached hydrogens (tertiary/aromatic N) is 1. The molecule has 21 heavy (non-hydrogen) atoms. The summed E-state index contributed by atoms with van der Waals surface area (Å²) in [5.41, 5.74) is 1.27. The molecule has 1 fully saturated rings. The minimum atomic E-state index is 0.464. The number of hydrogen-bond donors (Lipinski definition) is 1. The number of rotatable bonds is 8. The lowest BCUT2D eigenvalue weighted by Gasteiger charge is -2.26. The first-order valence-corrected chi connectivity index (χ1v) is 7.95. The highest BCUT2D eigenvalue weighted by Gasteiger charge is 2.10. The van der Waals surface area contributed by atoms with Gasteiger partial charge in [-0.25, -0.2) is 0 Å². The van der Waals surface area contributed by atoms with Crippen LogP contribution in [0.2, 0.25) is 0 Å². The molecule has 0 bridgehead atoms. The Labute approximate surface area is 128 Å². The Morgan fingerprint density at radius 2 is 2.05 bits per heavy atom. The highest BCUT2D eigenvalue weighted by molar-refractivity contribution is 5.33. The van der Waals surface area contributed by atoms with Gasteiger partial charge in [-0.2, -0.15) is 0 Å². The van der Waals surface area contributed by atoms with E-state index in [1.807, 2.05) is 12.1 Å². The molecule has 1 aromatic carbocycles. The van der Waals surface area contributed by atoms with Crippen molar-refractivity contribution in [3.8, 4) is 5.75 Å². The molecule has 1 aliphatic heterocycles. The topological polar surface area (TPSA) is 33.7 Å². The van der Waals surface area contributed by atoms with Gasteiger partial charge >= 0.3 is 0 Å². The van der Waals surface area contributed by atoms with E-state index >= 15 is 0 Å². The van der Waals surface area contributed by atoms with Crippen molar-refractivity contribution in [3.63, 3.8) is 0 Å². The first kappa shape index (κ1) is 16.3. The fourth-order valence-corrected chi connectivity index (χ4v) is 2.75. The zero-order valence-electron chi connectivity index (χ0n) is 13.3. The average molecular weight is 292 g/mol. The Morgan fingerprint density at radius 3 is 2.81 bits per heavy atom. The molecule has 0 aliphatic carbocycles. The second-order valence-electron chi connectivity index (χ2n) is 5.68. The van der Waals surface area contributed by atoms with E-state index in [2.05, 4.69) is 29.3 Å². The lowest BCUT2D eigenvalue weighted by molar-refractivity contribution is 0.0374. The minimum Gasteiger partial charge on any atom is -0.496 e. The maximum Gasteiger partial charge on any atom is 0.122 e. The molecule has 4 nitrogen and oxygen atoms in total. The summed E-state index contributed by atoms with van der Waals surface area (Å²) in [4.78, 5) is 2.48. The third-order valence-corrected chi connectivity index (χ3v) is 3.97. The lowest BCUT2D eigenvalue weighted by Crippen LogP contribution is -2.38. The summed E-state index contributed by atoms with van der Waals surface area (Å²) in [5, 5.41) is 3.61. The van der Waals surface area contributed by atoms with E-state index in [1.165, 1.54) is 12.0 Å². The smallest absolute Gasteiger partial charge is 0.122 e. The van der Waals surface area contributed by atoms with Crippen LogP contribution in [0.1, 0.15) is 18.9 Å². The third kappa shape index (κ3) is 5.65. The van der Waals surface area contributed by atoms with Crippen LogP contribution in [0.15, 0.2) is 24.3 Å². The van der Waals surface area contributed by atoms with Gasteiger partial charge in [0, 0.05) is 19.1 Å². The summed E-state index contributed by atoms with van der Waals surface area (Å²) in [5.74, 6) is 0.986. The van der Waals surface area contributed by atoms with Crippen LogP contribution in [0.25, 0.3) is 0 Å². The van der Waals surface area contributed by atoms with Crippen LogP contribution in [-0.2, 0) is 11.2 Å². The standard InChI is InChI=1S/C17H28N2O2/c1-15(14-16-6-3-4-7-17(16)20-2)18-8-5-9-19-10-12-21-13-11-19/h3-4,6-7,15,18H,5,8-14H2,1-2H3. The van der Waals surface area contributed by atoms with Crippen LogP contribution in [-0.4, -0.2) is 57.4 Å². The Morgan fingerprint density at radius 1 is 1.29 bits per heavy atom. The third-order valence-electron chi connectivity index (χ3n) is 3.97. The van der Waals surface area contributed by atoms with E-state index < -0.39 is 0 Å². The number of benzene rings is 1. The van der Waals surface area contributed by atoms with E-state index in [9.17, 15) is 0 Å². The van der Waals surface area contributed by atoms with Crippen LogP contribution >= 0.6 is 0 Å². The molecule has 0 saturated carbocycles. The number of para-hydroxylation sites is 1. The first-order valence-electron chi connectivity index (χ1n) is 7.95. The molecule has 1 unspecified atom stereocenters. The molecular weight excluding hydrogens is 264 g/mol. The molecule has 0 aromatic heterocycles.